The molecule has 142 valence electrons. The first-order chi connectivity index (χ1) is 12.3. The number of hydrogen-bond acceptors (Lipinski definition) is 3. The van der Waals surface area contributed by atoms with E-state index in [1.165, 1.54) is 18.4 Å². The molecule has 0 bridgehead atoms. The fourth-order valence-electron chi connectivity index (χ4n) is 2.92. The van der Waals surface area contributed by atoms with Crippen molar-refractivity contribution in [2.45, 2.75) is 65.7 Å². The molecular formula is C22H32N2O2. The summed E-state index contributed by atoms with van der Waals surface area (Å²) in [5, 5.41) is 6.93. The van der Waals surface area contributed by atoms with E-state index in [1.54, 1.807) is 6.07 Å². The second kappa shape index (κ2) is 9.02. The monoisotopic (exact) mass is 356 g/mol. The Bertz CT molecular complexity index is 696. The maximum Gasteiger partial charge on any atom is 0.273 e. The fraction of sp³-hybridized carbons (Fsp3) is 0.545. The van der Waals surface area contributed by atoms with Crippen molar-refractivity contribution in [1.82, 2.24) is 10.5 Å². The molecule has 0 saturated carbocycles. The molecule has 26 heavy (non-hydrogen) atoms. The lowest BCUT2D eigenvalue weighted by atomic mass is 9.86. The van der Waals surface area contributed by atoms with Gasteiger partial charge in [-0.25, -0.2) is 0 Å². The molecular weight excluding hydrogens is 324 g/mol. The molecule has 4 nitrogen and oxygen atoms in total. The van der Waals surface area contributed by atoms with Gasteiger partial charge < -0.3 is 9.84 Å². The van der Waals surface area contributed by atoms with Crippen LogP contribution in [0.3, 0.4) is 0 Å². The van der Waals surface area contributed by atoms with Gasteiger partial charge in [0.15, 0.2) is 11.5 Å². The van der Waals surface area contributed by atoms with Crippen LogP contribution >= 0.6 is 0 Å². The van der Waals surface area contributed by atoms with Crippen LogP contribution in [0.2, 0.25) is 0 Å². The molecule has 0 radical (unpaired) electrons. The number of nitrogens with one attached hydrogen (secondary N) is 1. The van der Waals surface area contributed by atoms with Gasteiger partial charge in [0.1, 0.15) is 0 Å². The Labute approximate surface area is 157 Å². The van der Waals surface area contributed by atoms with E-state index in [2.05, 4.69) is 57.2 Å². The van der Waals surface area contributed by atoms with E-state index in [0.717, 1.165) is 18.4 Å². The zero-order valence-corrected chi connectivity index (χ0v) is 16.8. The zero-order valence-electron chi connectivity index (χ0n) is 16.8. The molecule has 0 aliphatic carbocycles. The number of unbranched alkanes of at least 4 members (excludes halogenated alkanes) is 1. The van der Waals surface area contributed by atoms with Crippen molar-refractivity contribution in [1.29, 1.82) is 0 Å². The summed E-state index contributed by atoms with van der Waals surface area (Å²) >= 11 is 0. The smallest absolute Gasteiger partial charge is 0.273 e. The van der Waals surface area contributed by atoms with Gasteiger partial charge in [-0.2, -0.15) is 0 Å². The van der Waals surface area contributed by atoms with Crippen LogP contribution in [0.5, 0.6) is 0 Å². The zero-order chi connectivity index (χ0) is 19.2. The molecule has 1 N–H and O–H groups in total. The molecule has 2 aromatic rings. The number of hydrogen-bond donors (Lipinski definition) is 1. The van der Waals surface area contributed by atoms with Crippen LogP contribution in [0.15, 0.2) is 34.9 Å². The summed E-state index contributed by atoms with van der Waals surface area (Å²) in [5.74, 6) is 0.977. The molecule has 0 unspecified atom stereocenters. The van der Waals surface area contributed by atoms with E-state index >= 15 is 0 Å². The van der Waals surface area contributed by atoms with Crippen molar-refractivity contribution in [3.63, 3.8) is 0 Å². The molecule has 2 rings (SSSR count). The summed E-state index contributed by atoms with van der Waals surface area (Å²) in [6, 6.07) is 9.93. The third-order valence-corrected chi connectivity index (χ3v) is 4.87. The predicted octanol–water partition coefficient (Wildman–Crippen LogP) is 5.59. The van der Waals surface area contributed by atoms with Gasteiger partial charge in [-0.05, 0) is 23.3 Å². The highest BCUT2D eigenvalue weighted by Crippen LogP contribution is 2.26. The van der Waals surface area contributed by atoms with E-state index < -0.39 is 0 Å². The van der Waals surface area contributed by atoms with Gasteiger partial charge in [-0.1, -0.05) is 83.3 Å². The standard InChI is InChI=1S/C22H32N2O2/c1-6-8-9-16(7-2)15-23-21(25)19-14-20(26-24-19)17-10-12-18(13-11-17)22(3,4)5/h10-14,16H,6-9,15H2,1-5H3,(H,23,25)/t16-/m1/s1. The number of amides is 1. The molecule has 1 amide bonds. The van der Waals surface area contributed by atoms with E-state index in [9.17, 15) is 4.79 Å². The molecule has 0 fully saturated rings. The highest BCUT2D eigenvalue weighted by atomic mass is 16.5. The van der Waals surface area contributed by atoms with Crippen LogP contribution in [-0.2, 0) is 5.41 Å². The maximum atomic E-state index is 12.3. The molecule has 0 saturated heterocycles. The van der Waals surface area contributed by atoms with Crippen molar-refractivity contribution < 1.29 is 9.32 Å². The SMILES string of the molecule is CCCC[C@@H](CC)CNC(=O)c1cc(-c2ccc(C(C)(C)C)cc2)on1. The third kappa shape index (κ3) is 5.45. The first kappa shape index (κ1) is 20.2. The summed E-state index contributed by atoms with van der Waals surface area (Å²) in [6.07, 6.45) is 4.61. The Morgan fingerprint density at radius 1 is 1.19 bits per heavy atom. The average Bonchev–Trinajstić information content (AvgIpc) is 3.11. The highest BCUT2D eigenvalue weighted by molar-refractivity contribution is 5.93. The van der Waals surface area contributed by atoms with Crippen molar-refractivity contribution in [2.24, 2.45) is 5.92 Å². The Hall–Kier alpha value is -2.10. The maximum absolute atomic E-state index is 12.3. The highest BCUT2D eigenvalue weighted by Gasteiger charge is 2.17. The molecule has 1 atom stereocenters. The number of benzene rings is 1. The summed E-state index contributed by atoms with van der Waals surface area (Å²) in [7, 11) is 0. The molecule has 1 aromatic carbocycles. The van der Waals surface area contributed by atoms with Crippen LogP contribution in [0, 0.1) is 5.92 Å². The summed E-state index contributed by atoms with van der Waals surface area (Å²) in [5.41, 5.74) is 2.64. The predicted molar refractivity (Wildman–Crippen MR) is 106 cm³/mol. The van der Waals surface area contributed by atoms with Gasteiger partial charge >= 0.3 is 0 Å². The minimum absolute atomic E-state index is 0.110. The minimum Gasteiger partial charge on any atom is -0.355 e. The van der Waals surface area contributed by atoms with Crippen molar-refractivity contribution in [2.75, 3.05) is 6.54 Å². The van der Waals surface area contributed by atoms with Crippen LogP contribution in [-0.4, -0.2) is 17.6 Å². The molecule has 0 spiro atoms. The Kier molecular flexibility index (Phi) is 7.01. The van der Waals surface area contributed by atoms with Crippen molar-refractivity contribution in [3.8, 4) is 11.3 Å². The van der Waals surface area contributed by atoms with Crippen LogP contribution in [0.25, 0.3) is 11.3 Å². The second-order valence-corrected chi connectivity index (χ2v) is 8.03. The van der Waals surface area contributed by atoms with E-state index in [-0.39, 0.29) is 11.3 Å². The van der Waals surface area contributed by atoms with Crippen molar-refractivity contribution >= 4 is 5.91 Å². The number of nitrogens with zero attached hydrogens (tertiary/aromatic N) is 1. The summed E-state index contributed by atoms with van der Waals surface area (Å²) in [4.78, 5) is 12.3. The Balaban J connectivity index is 1.99. The molecule has 0 aliphatic heterocycles. The lowest BCUT2D eigenvalue weighted by Gasteiger charge is -2.18. The van der Waals surface area contributed by atoms with Gasteiger partial charge in [0.25, 0.3) is 5.91 Å². The summed E-state index contributed by atoms with van der Waals surface area (Å²) < 4.78 is 5.38. The van der Waals surface area contributed by atoms with Crippen molar-refractivity contribution in [3.05, 3.63) is 41.6 Å². The number of carbonyl (C=O) groups excluding carboxylic acids is 1. The van der Waals surface area contributed by atoms with Gasteiger partial charge in [-0.3, -0.25) is 4.79 Å². The third-order valence-electron chi connectivity index (χ3n) is 4.87. The lowest BCUT2D eigenvalue weighted by molar-refractivity contribution is 0.0937. The quantitative estimate of drug-likeness (QED) is 0.671. The van der Waals surface area contributed by atoms with Crippen LogP contribution in [0.4, 0.5) is 0 Å². The average molecular weight is 357 g/mol. The van der Waals surface area contributed by atoms with Gasteiger partial charge in [-0.15, -0.1) is 0 Å². The normalized spacial score (nSPS) is 12.8. The first-order valence-electron chi connectivity index (χ1n) is 9.71. The molecule has 0 aliphatic rings. The van der Waals surface area contributed by atoms with Gasteiger partial charge in [0.2, 0.25) is 0 Å². The Morgan fingerprint density at radius 2 is 1.88 bits per heavy atom. The van der Waals surface area contributed by atoms with E-state index in [0.29, 0.717) is 23.9 Å². The second-order valence-electron chi connectivity index (χ2n) is 8.03. The molecule has 4 heteroatoms. The molecule has 1 heterocycles. The fourth-order valence-corrected chi connectivity index (χ4v) is 2.92. The number of rotatable bonds is 8. The topological polar surface area (TPSA) is 55.1 Å². The lowest BCUT2D eigenvalue weighted by Crippen LogP contribution is -2.29. The first-order valence-corrected chi connectivity index (χ1v) is 9.71. The van der Waals surface area contributed by atoms with Gasteiger partial charge in [0.05, 0.1) is 0 Å². The minimum atomic E-state index is -0.165. The van der Waals surface area contributed by atoms with Crippen LogP contribution in [0.1, 0.15) is 76.4 Å². The molecule has 1 aromatic heterocycles. The number of carbonyl (C=O) groups is 1. The van der Waals surface area contributed by atoms with E-state index in [1.807, 2.05) is 12.1 Å². The largest absolute Gasteiger partial charge is 0.355 e. The Morgan fingerprint density at radius 3 is 2.46 bits per heavy atom. The summed E-state index contributed by atoms with van der Waals surface area (Å²) in [6.45, 7) is 11.6. The number of aromatic nitrogens is 1. The van der Waals surface area contributed by atoms with Crippen LogP contribution < -0.4 is 5.32 Å². The van der Waals surface area contributed by atoms with E-state index in [4.69, 9.17) is 4.52 Å². The van der Waals surface area contributed by atoms with Gasteiger partial charge in [0, 0.05) is 18.2 Å².